The zero-order valence-electron chi connectivity index (χ0n) is 5.62. The molecule has 0 aliphatic carbocycles. The lowest BCUT2D eigenvalue weighted by atomic mass is 10.3. The van der Waals surface area contributed by atoms with Gasteiger partial charge in [-0.1, -0.05) is 6.58 Å². The Labute approximate surface area is 51.0 Å². The van der Waals surface area contributed by atoms with E-state index in [1.807, 2.05) is 14.1 Å². The maximum absolute atomic E-state index is 3.81. The van der Waals surface area contributed by atoms with Gasteiger partial charge in [0.05, 0.1) is 0 Å². The van der Waals surface area contributed by atoms with Crippen molar-refractivity contribution in [3.63, 3.8) is 0 Å². The Morgan fingerprint density at radius 2 is 1.62 bits per heavy atom. The van der Waals surface area contributed by atoms with Crippen LogP contribution in [0.1, 0.15) is 0 Å². The smallest absolute Gasteiger partial charge is 0.0171 e. The summed E-state index contributed by atoms with van der Waals surface area (Å²) in [5.41, 5.74) is 1.19. The molecule has 0 fully saturated rings. The Morgan fingerprint density at radius 3 is 1.88 bits per heavy atom. The van der Waals surface area contributed by atoms with Gasteiger partial charge in [-0.15, -0.1) is 0 Å². The van der Waals surface area contributed by atoms with Gasteiger partial charge in [0.15, 0.2) is 0 Å². The van der Waals surface area contributed by atoms with Crippen LogP contribution in [-0.4, -0.2) is 27.2 Å². The number of hydrogen-bond donors (Lipinski definition) is 2. The molecule has 0 unspecified atom stereocenters. The minimum Gasteiger partial charge on any atom is -0.316 e. The first-order valence-electron chi connectivity index (χ1n) is 2.77. The first kappa shape index (κ1) is 7.66. The Hall–Kier alpha value is -0.340. The van der Waals surface area contributed by atoms with Crippen molar-refractivity contribution < 1.29 is 0 Å². The highest BCUT2D eigenvalue weighted by molar-refractivity contribution is 4.97. The lowest BCUT2D eigenvalue weighted by Crippen LogP contribution is -2.18. The third kappa shape index (κ3) is 3.84. The summed E-state index contributed by atoms with van der Waals surface area (Å²) >= 11 is 0. The summed E-state index contributed by atoms with van der Waals surface area (Å²) in [6.07, 6.45) is 0. The Morgan fingerprint density at radius 1 is 1.25 bits per heavy atom. The van der Waals surface area contributed by atoms with E-state index in [-0.39, 0.29) is 0 Å². The Kier molecular flexibility index (Phi) is 4.61. The van der Waals surface area contributed by atoms with Crippen molar-refractivity contribution in [3.8, 4) is 0 Å². The molecular weight excluding hydrogens is 100 g/mol. The molecule has 0 saturated carbocycles. The van der Waals surface area contributed by atoms with Crippen LogP contribution < -0.4 is 10.6 Å². The molecule has 0 saturated heterocycles. The van der Waals surface area contributed by atoms with Crippen LogP contribution in [0, 0.1) is 0 Å². The number of hydrogen-bond acceptors (Lipinski definition) is 2. The molecule has 8 heavy (non-hydrogen) atoms. The van der Waals surface area contributed by atoms with Gasteiger partial charge in [0, 0.05) is 13.1 Å². The van der Waals surface area contributed by atoms with Gasteiger partial charge in [-0.3, -0.25) is 0 Å². The van der Waals surface area contributed by atoms with Gasteiger partial charge in [0.2, 0.25) is 0 Å². The summed E-state index contributed by atoms with van der Waals surface area (Å²) in [6, 6.07) is 0. The predicted molar refractivity (Wildman–Crippen MR) is 37.0 cm³/mol. The van der Waals surface area contributed by atoms with E-state index in [2.05, 4.69) is 17.2 Å². The molecule has 0 bridgehead atoms. The van der Waals surface area contributed by atoms with Crippen molar-refractivity contribution >= 4 is 0 Å². The molecule has 0 rings (SSSR count). The fraction of sp³-hybridized carbons (Fsp3) is 0.667. The molecule has 2 heteroatoms. The quantitative estimate of drug-likeness (QED) is 0.502. The Balaban J connectivity index is 3.06. The van der Waals surface area contributed by atoms with Gasteiger partial charge >= 0.3 is 0 Å². The molecule has 48 valence electrons. The average Bonchev–Trinajstić information content (AvgIpc) is 1.68. The second-order valence-electron chi connectivity index (χ2n) is 1.81. The van der Waals surface area contributed by atoms with Crippen molar-refractivity contribution in [2.45, 2.75) is 0 Å². The summed E-state index contributed by atoms with van der Waals surface area (Å²) in [6.45, 7) is 5.62. The SMILES string of the molecule is C=C(CNC)CNC. The van der Waals surface area contributed by atoms with E-state index in [0.717, 1.165) is 13.1 Å². The molecule has 0 aliphatic heterocycles. The first-order chi connectivity index (χ1) is 3.81. The standard InChI is InChI=1S/C6H14N2/c1-6(4-7-2)5-8-3/h7-8H,1,4-5H2,2-3H3. The zero-order valence-corrected chi connectivity index (χ0v) is 5.62. The highest BCUT2D eigenvalue weighted by Gasteiger charge is 1.85. The monoisotopic (exact) mass is 114 g/mol. The van der Waals surface area contributed by atoms with E-state index in [1.165, 1.54) is 5.57 Å². The van der Waals surface area contributed by atoms with Gasteiger partial charge in [-0.25, -0.2) is 0 Å². The summed E-state index contributed by atoms with van der Waals surface area (Å²) in [7, 11) is 3.84. The maximum atomic E-state index is 3.81. The van der Waals surface area contributed by atoms with Crippen LogP contribution in [0.4, 0.5) is 0 Å². The molecule has 0 aromatic rings. The van der Waals surface area contributed by atoms with Gasteiger partial charge in [0.25, 0.3) is 0 Å². The fourth-order valence-corrected chi connectivity index (χ4v) is 0.562. The molecule has 0 heterocycles. The van der Waals surface area contributed by atoms with Crippen LogP contribution in [-0.2, 0) is 0 Å². The minimum atomic E-state index is 0.904. The van der Waals surface area contributed by atoms with E-state index < -0.39 is 0 Å². The largest absolute Gasteiger partial charge is 0.316 e. The van der Waals surface area contributed by atoms with Crippen LogP contribution in [0.5, 0.6) is 0 Å². The second kappa shape index (κ2) is 4.81. The van der Waals surface area contributed by atoms with E-state index in [4.69, 9.17) is 0 Å². The molecule has 0 aromatic heterocycles. The fourth-order valence-electron chi connectivity index (χ4n) is 0.562. The van der Waals surface area contributed by atoms with Crippen molar-refractivity contribution in [1.29, 1.82) is 0 Å². The lowest BCUT2D eigenvalue weighted by Gasteiger charge is -2.00. The summed E-state index contributed by atoms with van der Waals surface area (Å²) in [5.74, 6) is 0. The van der Waals surface area contributed by atoms with Crippen molar-refractivity contribution in [3.05, 3.63) is 12.2 Å². The molecule has 0 aromatic carbocycles. The molecule has 2 nitrogen and oxygen atoms in total. The van der Waals surface area contributed by atoms with Gasteiger partial charge < -0.3 is 10.6 Å². The third-order valence-corrected chi connectivity index (χ3v) is 0.854. The molecule has 0 radical (unpaired) electrons. The van der Waals surface area contributed by atoms with Gasteiger partial charge in [-0.2, -0.15) is 0 Å². The second-order valence-corrected chi connectivity index (χ2v) is 1.81. The lowest BCUT2D eigenvalue weighted by molar-refractivity contribution is 0.801. The van der Waals surface area contributed by atoms with Crippen LogP contribution in [0.2, 0.25) is 0 Å². The summed E-state index contributed by atoms with van der Waals surface area (Å²) in [5, 5.41) is 6.03. The van der Waals surface area contributed by atoms with Crippen molar-refractivity contribution in [2.24, 2.45) is 0 Å². The van der Waals surface area contributed by atoms with Crippen molar-refractivity contribution in [1.82, 2.24) is 10.6 Å². The van der Waals surface area contributed by atoms with Crippen LogP contribution in [0.15, 0.2) is 12.2 Å². The topological polar surface area (TPSA) is 24.1 Å². The zero-order chi connectivity index (χ0) is 6.41. The number of rotatable bonds is 4. The summed E-state index contributed by atoms with van der Waals surface area (Å²) in [4.78, 5) is 0. The molecule has 2 N–H and O–H groups in total. The first-order valence-corrected chi connectivity index (χ1v) is 2.77. The predicted octanol–water partition coefficient (Wildman–Crippen LogP) is -0.0186. The third-order valence-electron chi connectivity index (χ3n) is 0.854. The van der Waals surface area contributed by atoms with Crippen molar-refractivity contribution in [2.75, 3.05) is 27.2 Å². The minimum absolute atomic E-state index is 0.904. The van der Waals surface area contributed by atoms with Gasteiger partial charge in [-0.05, 0) is 19.7 Å². The van der Waals surface area contributed by atoms with E-state index in [1.54, 1.807) is 0 Å². The Bertz CT molecular complexity index is 60.9. The number of nitrogens with one attached hydrogen (secondary N) is 2. The highest BCUT2D eigenvalue weighted by atomic mass is 14.8. The van der Waals surface area contributed by atoms with E-state index in [0.29, 0.717) is 0 Å². The molecule has 0 aliphatic rings. The highest BCUT2D eigenvalue weighted by Crippen LogP contribution is 1.80. The van der Waals surface area contributed by atoms with E-state index >= 15 is 0 Å². The normalized spacial score (nSPS) is 9.25. The van der Waals surface area contributed by atoms with Crippen LogP contribution >= 0.6 is 0 Å². The molecule has 0 spiro atoms. The molecular formula is C6H14N2. The van der Waals surface area contributed by atoms with Crippen LogP contribution in [0.3, 0.4) is 0 Å². The maximum Gasteiger partial charge on any atom is 0.0171 e. The molecule has 0 atom stereocenters. The molecule has 0 amide bonds. The van der Waals surface area contributed by atoms with Gasteiger partial charge in [0.1, 0.15) is 0 Å². The number of likely N-dealkylation sites (N-methyl/N-ethyl adjacent to an activating group) is 2. The van der Waals surface area contributed by atoms with E-state index in [9.17, 15) is 0 Å². The van der Waals surface area contributed by atoms with Crippen LogP contribution in [0.25, 0.3) is 0 Å². The average molecular weight is 114 g/mol. The summed E-state index contributed by atoms with van der Waals surface area (Å²) < 4.78 is 0.